The van der Waals surface area contributed by atoms with E-state index < -0.39 is 24.3 Å². The van der Waals surface area contributed by atoms with Gasteiger partial charge in [-0.2, -0.15) is 0 Å². The number of fused-ring (bicyclic) bond motifs is 1. The van der Waals surface area contributed by atoms with Crippen LogP contribution >= 0.6 is 11.3 Å². The summed E-state index contributed by atoms with van der Waals surface area (Å²) in [5.41, 5.74) is 1.85. The first kappa shape index (κ1) is 18.0. The van der Waals surface area contributed by atoms with Crippen molar-refractivity contribution in [3.05, 3.63) is 76.5 Å². The molecule has 0 N–H and O–H groups in total. The molecule has 0 bridgehead atoms. The van der Waals surface area contributed by atoms with Crippen LogP contribution in [0.1, 0.15) is 26.4 Å². The van der Waals surface area contributed by atoms with E-state index in [0.717, 1.165) is 10.5 Å². The van der Waals surface area contributed by atoms with Crippen molar-refractivity contribution in [2.24, 2.45) is 0 Å². The minimum atomic E-state index is -0.703. The fourth-order valence-electron chi connectivity index (χ4n) is 2.81. The smallest absolute Gasteiger partial charge is 0.326 e. The highest BCUT2D eigenvalue weighted by Gasteiger charge is 2.36. The molecule has 0 saturated heterocycles. The molecule has 0 radical (unpaired) electrons. The molecule has 3 aromatic rings. The van der Waals surface area contributed by atoms with Crippen molar-refractivity contribution in [1.29, 1.82) is 0 Å². The van der Waals surface area contributed by atoms with Crippen LogP contribution in [0.15, 0.2) is 53.9 Å². The summed E-state index contributed by atoms with van der Waals surface area (Å²) in [6, 6.07) is 12.3. The van der Waals surface area contributed by atoms with Gasteiger partial charge in [-0.1, -0.05) is 12.1 Å². The van der Waals surface area contributed by atoms with Crippen molar-refractivity contribution in [3.8, 4) is 10.6 Å². The van der Waals surface area contributed by atoms with Gasteiger partial charge in [-0.05, 0) is 36.4 Å². The van der Waals surface area contributed by atoms with Crippen LogP contribution in [0.4, 0.5) is 4.39 Å². The molecule has 8 heteroatoms. The first-order valence-corrected chi connectivity index (χ1v) is 9.22. The molecule has 0 fully saturated rings. The van der Waals surface area contributed by atoms with Crippen LogP contribution in [-0.4, -0.2) is 34.2 Å². The Balaban J connectivity index is 1.36. The molecular weight excluding hydrogens is 383 g/mol. The Morgan fingerprint density at radius 3 is 2.32 bits per heavy atom. The number of hydrogen-bond donors (Lipinski definition) is 0. The molecule has 2 amide bonds. The van der Waals surface area contributed by atoms with Crippen LogP contribution < -0.4 is 0 Å². The SMILES string of the molecule is O=C(CN1C(=O)c2ccccc2C1=O)OCc1csc(-c2ccc(F)cc2)n1. The van der Waals surface area contributed by atoms with Crippen molar-refractivity contribution in [2.75, 3.05) is 6.54 Å². The van der Waals surface area contributed by atoms with Gasteiger partial charge < -0.3 is 4.74 Å². The van der Waals surface area contributed by atoms with Gasteiger partial charge in [0.05, 0.1) is 16.8 Å². The van der Waals surface area contributed by atoms with Crippen molar-refractivity contribution < 1.29 is 23.5 Å². The fraction of sp³-hybridized carbons (Fsp3) is 0.100. The van der Waals surface area contributed by atoms with E-state index in [9.17, 15) is 18.8 Å². The van der Waals surface area contributed by atoms with Crippen molar-refractivity contribution in [3.63, 3.8) is 0 Å². The largest absolute Gasteiger partial charge is 0.458 e. The average Bonchev–Trinajstić information content (AvgIpc) is 3.27. The number of hydrogen-bond acceptors (Lipinski definition) is 6. The molecule has 1 aliphatic rings. The summed E-state index contributed by atoms with van der Waals surface area (Å²) in [6.45, 7) is -0.541. The number of esters is 1. The monoisotopic (exact) mass is 396 g/mol. The number of aromatic nitrogens is 1. The van der Waals surface area contributed by atoms with Gasteiger partial charge in [-0.25, -0.2) is 9.37 Å². The van der Waals surface area contributed by atoms with E-state index in [2.05, 4.69) is 4.98 Å². The molecule has 2 aromatic carbocycles. The maximum absolute atomic E-state index is 13.0. The van der Waals surface area contributed by atoms with E-state index in [4.69, 9.17) is 4.74 Å². The number of carbonyl (C=O) groups excluding carboxylic acids is 3. The lowest BCUT2D eigenvalue weighted by Crippen LogP contribution is -2.35. The highest BCUT2D eigenvalue weighted by atomic mass is 32.1. The second kappa shape index (κ2) is 7.32. The molecule has 1 aromatic heterocycles. The number of benzene rings is 2. The number of ether oxygens (including phenoxy) is 1. The third-order valence-electron chi connectivity index (χ3n) is 4.19. The zero-order valence-corrected chi connectivity index (χ0v) is 15.2. The van der Waals surface area contributed by atoms with Gasteiger partial charge in [0.1, 0.15) is 24.0 Å². The average molecular weight is 396 g/mol. The normalized spacial score (nSPS) is 13.0. The van der Waals surface area contributed by atoms with Gasteiger partial charge in [0.2, 0.25) is 0 Å². The van der Waals surface area contributed by atoms with Gasteiger partial charge in [0.15, 0.2) is 0 Å². The lowest BCUT2D eigenvalue weighted by molar-refractivity contribution is -0.145. The Hall–Kier alpha value is -3.39. The zero-order valence-electron chi connectivity index (χ0n) is 14.4. The molecule has 28 heavy (non-hydrogen) atoms. The number of rotatable bonds is 5. The summed E-state index contributed by atoms with van der Waals surface area (Å²) >= 11 is 1.34. The molecule has 0 aliphatic carbocycles. The lowest BCUT2D eigenvalue weighted by atomic mass is 10.1. The Labute approximate surface area is 163 Å². The Morgan fingerprint density at radius 1 is 1.04 bits per heavy atom. The van der Waals surface area contributed by atoms with Gasteiger partial charge in [0, 0.05) is 10.9 Å². The number of amides is 2. The Bertz CT molecular complexity index is 1040. The minimum Gasteiger partial charge on any atom is -0.458 e. The second-order valence-corrected chi connectivity index (χ2v) is 6.91. The summed E-state index contributed by atoms with van der Waals surface area (Å²) in [6.07, 6.45) is 0. The maximum atomic E-state index is 13.0. The molecule has 2 heterocycles. The molecule has 0 atom stereocenters. The third-order valence-corrected chi connectivity index (χ3v) is 5.13. The number of nitrogens with zero attached hydrogens (tertiary/aromatic N) is 2. The molecule has 1 aliphatic heterocycles. The van der Waals surface area contributed by atoms with E-state index in [0.29, 0.717) is 10.7 Å². The zero-order chi connectivity index (χ0) is 19.7. The van der Waals surface area contributed by atoms with Gasteiger partial charge in [-0.15, -0.1) is 11.3 Å². The van der Waals surface area contributed by atoms with Gasteiger partial charge >= 0.3 is 5.97 Å². The first-order chi connectivity index (χ1) is 13.5. The van der Waals surface area contributed by atoms with Gasteiger partial charge in [-0.3, -0.25) is 19.3 Å². The van der Waals surface area contributed by atoms with E-state index >= 15 is 0 Å². The molecular formula is C20H13FN2O4S. The van der Waals surface area contributed by atoms with E-state index in [1.54, 1.807) is 41.8 Å². The van der Waals surface area contributed by atoms with E-state index in [-0.39, 0.29) is 23.6 Å². The lowest BCUT2D eigenvalue weighted by Gasteiger charge is -2.12. The summed E-state index contributed by atoms with van der Waals surface area (Å²) in [7, 11) is 0. The highest BCUT2D eigenvalue weighted by Crippen LogP contribution is 2.25. The quantitative estimate of drug-likeness (QED) is 0.489. The number of carbonyl (C=O) groups is 3. The van der Waals surface area contributed by atoms with Crippen molar-refractivity contribution >= 4 is 29.1 Å². The second-order valence-electron chi connectivity index (χ2n) is 6.05. The highest BCUT2D eigenvalue weighted by molar-refractivity contribution is 7.13. The minimum absolute atomic E-state index is 0.0836. The molecule has 0 unspecified atom stereocenters. The predicted octanol–water partition coefficient (Wildman–Crippen LogP) is 3.29. The molecule has 6 nitrogen and oxygen atoms in total. The van der Waals surface area contributed by atoms with E-state index in [1.807, 2.05) is 0 Å². The van der Waals surface area contributed by atoms with E-state index in [1.165, 1.54) is 23.5 Å². The third kappa shape index (κ3) is 3.41. The maximum Gasteiger partial charge on any atom is 0.326 e. The van der Waals surface area contributed by atoms with Gasteiger partial charge in [0.25, 0.3) is 11.8 Å². The van der Waals surface area contributed by atoms with Crippen LogP contribution in [0.2, 0.25) is 0 Å². The fourth-order valence-corrected chi connectivity index (χ4v) is 3.62. The van der Waals surface area contributed by atoms with Crippen LogP contribution in [0.25, 0.3) is 10.6 Å². The van der Waals surface area contributed by atoms with Crippen molar-refractivity contribution in [2.45, 2.75) is 6.61 Å². The standard InChI is InChI=1S/C20H13FN2O4S/c21-13-7-5-12(6-8-13)18-22-14(11-28-18)10-27-17(24)9-23-19(25)15-3-1-2-4-16(15)20(23)26/h1-8,11H,9-10H2. The summed E-state index contributed by atoms with van der Waals surface area (Å²) in [5, 5.41) is 2.40. The summed E-state index contributed by atoms with van der Waals surface area (Å²) < 4.78 is 18.2. The first-order valence-electron chi connectivity index (χ1n) is 8.34. The van der Waals surface area contributed by atoms with Crippen LogP contribution in [0, 0.1) is 5.82 Å². The predicted molar refractivity (Wildman–Crippen MR) is 99.1 cm³/mol. The van der Waals surface area contributed by atoms with Crippen molar-refractivity contribution in [1.82, 2.24) is 9.88 Å². The molecule has 0 saturated carbocycles. The van der Waals surface area contributed by atoms with Crippen LogP contribution in [0.5, 0.6) is 0 Å². The molecule has 0 spiro atoms. The Kier molecular flexibility index (Phi) is 4.70. The number of imide groups is 1. The van der Waals surface area contributed by atoms with Crippen LogP contribution in [0.3, 0.4) is 0 Å². The molecule has 140 valence electrons. The Morgan fingerprint density at radius 2 is 1.68 bits per heavy atom. The molecule has 4 rings (SSSR count). The summed E-state index contributed by atoms with van der Waals surface area (Å²) in [4.78, 5) is 41.8. The topological polar surface area (TPSA) is 76.6 Å². The van der Waals surface area contributed by atoms with Crippen LogP contribution in [-0.2, 0) is 16.1 Å². The number of thiazole rings is 1. The number of halogens is 1. The summed E-state index contributed by atoms with van der Waals surface area (Å²) in [5.74, 6) is -2.05.